The lowest BCUT2D eigenvalue weighted by Gasteiger charge is -2.36. The van der Waals surface area contributed by atoms with Crippen LogP contribution in [-0.2, 0) is 29.1 Å². The smallest absolute Gasteiger partial charge is 0.234 e. The molecule has 1 fully saturated rings. The number of nitriles is 1. The maximum Gasteiger partial charge on any atom is 0.234 e. The predicted molar refractivity (Wildman–Crippen MR) is 105 cm³/mol. The van der Waals surface area contributed by atoms with Crippen LogP contribution in [0.25, 0.3) is 0 Å². The average Bonchev–Trinajstić information content (AvgIpc) is 2.72. The molecule has 2 aliphatic rings. The number of ether oxygens (including phenoxy) is 3. The summed E-state index contributed by atoms with van der Waals surface area (Å²) in [6.07, 6.45) is 0.609. The van der Waals surface area contributed by atoms with Crippen LogP contribution in [-0.4, -0.2) is 36.9 Å². The molecule has 1 saturated heterocycles. The number of fused-ring (bicyclic) bond motifs is 1. The molecule has 0 amide bonds. The van der Waals surface area contributed by atoms with Crippen LogP contribution in [0.5, 0.6) is 5.88 Å². The third kappa shape index (κ3) is 4.19. The van der Waals surface area contributed by atoms with E-state index in [9.17, 15) is 9.65 Å². The van der Waals surface area contributed by atoms with Crippen molar-refractivity contribution in [3.8, 4) is 11.9 Å². The summed E-state index contributed by atoms with van der Waals surface area (Å²) >= 11 is 0. The van der Waals surface area contributed by atoms with Gasteiger partial charge in [-0.2, -0.15) is 10.2 Å². The second-order valence-electron chi connectivity index (χ2n) is 7.92. The number of benzene rings is 1. The monoisotopic (exact) mass is 397 g/mol. The van der Waals surface area contributed by atoms with Crippen molar-refractivity contribution in [2.75, 3.05) is 31.2 Å². The van der Waals surface area contributed by atoms with Gasteiger partial charge in [-0.25, -0.2) is 4.39 Å². The Bertz CT molecular complexity index is 932. The molecule has 0 spiro atoms. The van der Waals surface area contributed by atoms with Crippen molar-refractivity contribution in [1.29, 1.82) is 5.26 Å². The Labute approximate surface area is 169 Å². The standard InChI is InChI=1S/C22H24FN3O3/c1-22(2)11-17-18(12-24)21(28-13-15-3-5-16(23)6-4-15)25-20(19(17)14-29-22)26-7-9-27-10-8-26/h3-6H,7-11,13-14H2,1-2H3. The van der Waals surface area contributed by atoms with E-state index in [1.807, 2.05) is 13.8 Å². The lowest BCUT2D eigenvalue weighted by Crippen LogP contribution is -2.39. The first kappa shape index (κ1) is 19.6. The Kier molecular flexibility index (Phi) is 5.39. The predicted octanol–water partition coefficient (Wildman–Crippen LogP) is 3.36. The Balaban J connectivity index is 1.73. The second kappa shape index (κ2) is 7.97. The van der Waals surface area contributed by atoms with E-state index >= 15 is 0 Å². The molecule has 1 aromatic carbocycles. The molecule has 0 aliphatic carbocycles. The van der Waals surface area contributed by atoms with Crippen molar-refractivity contribution in [2.24, 2.45) is 0 Å². The molecule has 0 saturated carbocycles. The number of hydrogen-bond donors (Lipinski definition) is 0. The zero-order chi connectivity index (χ0) is 20.4. The van der Waals surface area contributed by atoms with Crippen molar-refractivity contribution >= 4 is 5.82 Å². The van der Waals surface area contributed by atoms with Gasteiger partial charge in [0, 0.05) is 25.1 Å². The molecular formula is C22H24FN3O3. The van der Waals surface area contributed by atoms with E-state index in [0.29, 0.717) is 37.7 Å². The lowest BCUT2D eigenvalue weighted by atomic mass is 9.89. The summed E-state index contributed by atoms with van der Waals surface area (Å²) in [5.74, 6) is 0.817. The van der Waals surface area contributed by atoms with Crippen molar-refractivity contribution in [3.05, 3.63) is 52.3 Å². The van der Waals surface area contributed by atoms with Gasteiger partial charge in [-0.05, 0) is 37.1 Å². The molecule has 0 atom stereocenters. The van der Waals surface area contributed by atoms with Gasteiger partial charge in [0.2, 0.25) is 5.88 Å². The van der Waals surface area contributed by atoms with Crippen LogP contribution in [0.15, 0.2) is 24.3 Å². The number of halogens is 1. The highest BCUT2D eigenvalue weighted by molar-refractivity contribution is 5.61. The molecule has 3 heterocycles. The number of morpholine rings is 1. The van der Waals surface area contributed by atoms with Crippen molar-refractivity contribution < 1.29 is 18.6 Å². The number of hydrogen-bond acceptors (Lipinski definition) is 6. The van der Waals surface area contributed by atoms with Crippen LogP contribution < -0.4 is 9.64 Å². The minimum atomic E-state index is -0.365. The summed E-state index contributed by atoms with van der Waals surface area (Å²) in [4.78, 5) is 6.90. The fourth-order valence-electron chi connectivity index (χ4n) is 3.71. The molecule has 2 aromatic rings. The molecule has 1 aromatic heterocycles. The molecule has 7 heteroatoms. The minimum absolute atomic E-state index is 0.211. The second-order valence-corrected chi connectivity index (χ2v) is 7.92. The average molecular weight is 397 g/mol. The highest BCUT2D eigenvalue weighted by atomic mass is 19.1. The fraction of sp³-hybridized carbons (Fsp3) is 0.455. The highest BCUT2D eigenvalue weighted by Crippen LogP contribution is 2.38. The van der Waals surface area contributed by atoms with Crippen molar-refractivity contribution in [2.45, 2.75) is 39.1 Å². The molecule has 0 N–H and O–H groups in total. The molecule has 6 nitrogen and oxygen atoms in total. The normalized spacial score (nSPS) is 18.1. The molecule has 0 radical (unpaired) electrons. The van der Waals surface area contributed by atoms with E-state index in [2.05, 4.69) is 11.0 Å². The largest absolute Gasteiger partial charge is 0.472 e. The van der Waals surface area contributed by atoms with Crippen molar-refractivity contribution in [3.63, 3.8) is 0 Å². The summed E-state index contributed by atoms with van der Waals surface area (Å²) in [6.45, 7) is 7.38. The number of rotatable bonds is 4. The van der Waals surface area contributed by atoms with Gasteiger partial charge in [0.15, 0.2) is 0 Å². The van der Waals surface area contributed by atoms with Gasteiger partial charge in [-0.1, -0.05) is 12.1 Å². The van der Waals surface area contributed by atoms with Gasteiger partial charge >= 0.3 is 0 Å². The molecule has 2 aliphatic heterocycles. The Morgan fingerprint density at radius 2 is 1.93 bits per heavy atom. The van der Waals surface area contributed by atoms with E-state index in [-0.39, 0.29) is 18.0 Å². The first-order valence-corrected chi connectivity index (χ1v) is 9.76. The summed E-state index contributed by atoms with van der Waals surface area (Å²) in [7, 11) is 0. The summed E-state index contributed by atoms with van der Waals surface area (Å²) in [5.41, 5.74) is 2.80. The zero-order valence-corrected chi connectivity index (χ0v) is 16.7. The third-order valence-corrected chi connectivity index (χ3v) is 5.28. The molecule has 4 rings (SSSR count). The summed E-state index contributed by atoms with van der Waals surface area (Å²) in [6, 6.07) is 8.41. The van der Waals surface area contributed by atoms with Crippen LogP contribution in [0.4, 0.5) is 10.2 Å². The highest BCUT2D eigenvalue weighted by Gasteiger charge is 2.34. The molecular weight excluding hydrogens is 373 g/mol. The van der Waals surface area contributed by atoms with Crippen LogP contribution in [0.2, 0.25) is 0 Å². The minimum Gasteiger partial charge on any atom is -0.472 e. The molecule has 0 unspecified atom stereocenters. The van der Waals surface area contributed by atoms with E-state index in [1.165, 1.54) is 12.1 Å². The van der Waals surface area contributed by atoms with Gasteiger partial charge < -0.3 is 19.1 Å². The van der Waals surface area contributed by atoms with E-state index < -0.39 is 0 Å². The number of nitrogens with zero attached hydrogens (tertiary/aromatic N) is 3. The quantitative estimate of drug-likeness (QED) is 0.788. The topological polar surface area (TPSA) is 67.6 Å². The first-order valence-electron chi connectivity index (χ1n) is 9.76. The van der Waals surface area contributed by atoms with Crippen molar-refractivity contribution in [1.82, 2.24) is 4.98 Å². The molecule has 0 bridgehead atoms. The van der Waals surface area contributed by atoms with E-state index in [1.54, 1.807) is 12.1 Å². The zero-order valence-electron chi connectivity index (χ0n) is 16.7. The fourth-order valence-corrected chi connectivity index (χ4v) is 3.71. The first-order chi connectivity index (χ1) is 14.0. The lowest BCUT2D eigenvalue weighted by molar-refractivity contribution is -0.0402. The SMILES string of the molecule is CC1(C)Cc2c(C#N)c(OCc3ccc(F)cc3)nc(N3CCOCC3)c2CO1. The van der Waals surface area contributed by atoms with Crippen LogP contribution in [0.3, 0.4) is 0 Å². The maximum atomic E-state index is 13.2. The van der Waals surface area contributed by atoms with Gasteiger partial charge in [0.05, 0.1) is 25.4 Å². The summed E-state index contributed by atoms with van der Waals surface area (Å²) < 4.78 is 30.6. The van der Waals surface area contributed by atoms with Gasteiger partial charge in [-0.3, -0.25) is 0 Å². The Hall–Kier alpha value is -2.69. The number of anilines is 1. The Morgan fingerprint density at radius 1 is 1.21 bits per heavy atom. The number of aromatic nitrogens is 1. The van der Waals surface area contributed by atoms with Crippen LogP contribution in [0.1, 0.15) is 36.1 Å². The van der Waals surface area contributed by atoms with E-state index in [4.69, 9.17) is 19.2 Å². The van der Waals surface area contributed by atoms with Gasteiger partial charge in [0.25, 0.3) is 0 Å². The van der Waals surface area contributed by atoms with Crippen LogP contribution >= 0.6 is 0 Å². The summed E-state index contributed by atoms with van der Waals surface area (Å²) in [5, 5.41) is 9.89. The van der Waals surface area contributed by atoms with Gasteiger partial charge in [0.1, 0.15) is 29.9 Å². The third-order valence-electron chi connectivity index (χ3n) is 5.28. The van der Waals surface area contributed by atoms with Gasteiger partial charge in [-0.15, -0.1) is 0 Å². The maximum absolute atomic E-state index is 13.2. The van der Waals surface area contributed by atoms with Crippen LogP contribution in [0, 0.1) is 17.1 Å². The molecule has 152 valence electrons. The van der Waals surface area contributed by atoms with E-state index in [0.717, 1.165) is 35.6 Å². The number of pyridine rings is 1. The molecule has 29 heavy (non-hydrogen) atoms. The Morgan fingerprint density at radius 3 is 2.62 bits per heavy atom.